The van der Waals surface area contributed by atoms with E-state index >= 15 is 0 Å². The highest BCUT2D eigenvalue weighted by Crippen LogP contribution is 2.37. The van der Waals surface area contributed by atoms with Crippen LogP contribution >= 0.6 is 0 Å². The second-order valence-corrected chi connectivity index (χ2v) is 7.59. The Bertz CT molecular complexity index is 560. The first-order valence-corrected chi connectivity index (χ1v) is 9.68. The van der Waals surface area contributed by atoms with E-state index in [1.165, 1.54) is 44.5 Å². The minimum Gasteiger partial charge on any atom is -0.450 e. The molecule has 0 aromatic carbocycles. The van der Waals surface area contributed by atoms with Crippen LogP contribution in [0.2, 0.25) is 0 Å². The second kappa shape index (κ2) is 8.21. The number of piperidine rings is 1. The molecule has 0 atom stereocenters. The van der Waals surface area contributed by atoms with Crippen molar-refractivity contribution in [3.8, 4) is 0 Å². The summed E-state index contributed by atoms with van der Waals surface area (Å²) in [5.74, 6) is 1.43. The van der Waals surface area contributed by atoms with Gasteiger partial charge in [-0.2, -0.15) is 5.10 Å². The van der Waals surface area contributed by atoms with Crippen LogP contribution in [0.1, 0.15) is 50.6 Å². The molecule has 25 heavy (non-hydrogen) atoms. The third-order valence-electron chi connectivity index (χ3n) is 5.99. The van der Waals surface area contributed by atoms with Gasteiger partial charge in [0.05, 0.1) is 6.61 Å². The standard InChI is InChI=1S/C19H32N4O2/c1-4-25-19(24)21(2)10-6-15-13-17(14-15)23-11-7-16(8-12-23)18-5-9-20-22(18)3/h5,9,15-17H,4,6-8,10-14H2,1-3H3. The molecule has 1 aromatic rings. The van der Waals surface area contributed by atoms with E-state index in [1.807, 2.05) is 31.9 Å². The summed E-state index contributed by atoms with van der Waals surface area (Å²) in [4.78, 5) is 16.0. The molecule has 2 heterocycles. The van der Waals surface area contributed by atoms with Gasteiger partial charge in [-0.05, 0) is 64.1 Å². The molecule has 140 valence electrons. The first kappa shape index (κ1) is 18.2. The molecule has 6 heteroatoms. The van der Waals surface area contributed by atoms with Crippen molar-refractivity contribution in [2.75, 3.05) is 33.3 Å². The Hall–Kier alpha value is -1.56. The number of hydrogen-bond donors (Lipinski definition) is 0. The Morgan fingerprint density at radius 1 is 1.36 bits per heavy atom. The predicted octanol–water partition coefficient (Wildman–Crippen LogP) is 2.86. The average Bonchev–Trinajstić information content (AvgIpc) is 3.00. The fourth-order valence-electron chi connectivity index (χ4n) is 4.28. The highest BCUT2D eigenvalue weighted by Gasteiger charge is 2.35. The van der Waals surface area contributed by atoms with E-state index in [4.69, 9.17) is 4.74 Å². The molecule has 0 N–H and O–H groups in total. The summed E-state index contributed by atoms with van der Waals surface area (Å²) < 4.78 is 7.05. The molecule has 0 bridgehead atoms. The van der Waals surface area contributed by atoms with E-state index in [9.17, 15) is 4.79 Å². The number of likely N-dealkylation sites (tertiary alicyclic amines) is 1. The first-order valence-electron chi connectivity index (χ1n) is 9.68. The molecule has 0 unspecified atom stereocenters. The van der Waals surface area contributed by atoms with E-state index in [0.717, 1.165) is 24.9 Å². The molecular formula is C19H32N4O2. The van der Waals surface area contributed by atoms with E-state index in [0.29, 0.717) is 12.5 Å². The van der Waals surface area contributed by atoms with Crippen LogP contribution in [0.4, 0.5) is 4.79 Å². The summed E-state index contributed by atoms with van der Waals surface area (Å²) in [6.07, 6.45) is 7.86. The molecule has 1 aliphatic heterocycles. The SMILES string of the molecule is CCOC(=O)N(C)CCC1CC(N2CCC(c3ccnn3C)CC2)C1. The lowest BCUT2D eigenvalue weighted by molar-refractivity contribution is 0.0484. The predicted molar refractivity (Wildman–Crippen MR) is 97.5 cm³/mol. The lowest BCUT2D eigenvalue weighted by Crippen LogP contribution is -2.48. The van der Waals surface area contributed by atoms with Gasteiger partial charge < -0.3 is 14.5 Å². The molecule has 3 rings (SSSR count). The first-order chi connectivity index (χ1) is 12.1. The zero-order valence-corrected chi connectivity index (χ0v) is 15.9. The lowest BCUT2D eigenvalue weighted by atomic mass is 9.76. The molecule has 2 fully saturated rings. The number of amides is 1. The number of aryl methyl sites for hydroxylation is 1. The minimum absolute atomic E-state index is 0.199. The topological polar surface area (TPSA) is 50.6 Å². The van der Waals surface area contributed by atoms with Crippen molar-refractivity contribution in [1.29, 1.82) is 0 Å². The van der Waals surface area contributed by atoms with Gasteiger partial charge in [-0.1, -0.05) is 0 Å². The van der Waals surface area contributed by atoms with Crippen molar-refractivity contribution in [3.63, 3.8) is 0 Å². The molecule has 1 aromatic heterocycles. The number of rotatable bonds is 6. The van der Waals surface area contributed by atoms with Crippen molar-refractivity contribution < 1.29 is 9.53 Å². The summed E-state index contributed by atoms with van der Waals surface area (Å²) in [6.45, 7) is 5.51. The quantitative estimate of drug-likeness (QED) is 0.793. The van der Waals surface area contributed by atoms with Gasteiger partial charge in [0.1, 0.15) is 0 Å². The van der Waals surface area contributed by atoms with Crippen molar-refractivity contribution in [3.05, 3.63) is 18.0 Å². The van der Waals surface area contributed by atoms with Crippen LogP contribution in [0.5, 0.6) is 0 Å². The van der Waals surface area contributed by atoms with Crippen LogP contribution in [0.25, 0.3) is 0 Å². The van der Waals surface area contributed by atoms with Crippen molar-refractivity contribution in [2.24, 2.45) is 13.0 Å². The minimum atomic E-state index is -0.199. The molecular weight excluding hydrogens is 316 g/mol. The van der Waals surface area contributed by atoms with Gasteiger partial charge in [0, 0.05) is 44.5 Å². The second-order valence-electron chi connectivity index (χ2n) is 7.59. The summed E-state index contributed by atoms with van der Waals surface area (Å²) in [5.41, 5.74) is 1.38. The summed E-state index contributed by atoms with van der Waals surface area (Å²) >= 11 is 0. The van der Waals surface area contributed by atoms with Gasteiger partial charge >= 0.3 is 6.09 Å². The number of carbonyl (C=O) groups excluding carboxylic acids is 1. The Kier molecular flexibility index (Phi) is 5.99. The molecule has 1 amide bonds. The van der Waals surface area contributed by atoms with E-state index in [2.05, 4.69) is 16.1 Å². The Morgan fingerprint density at radius 3 is 2.68 bits per heavy atom. The molecule has 2 aliphatic rings. The average molecular weight is 348 g/mol. The summed E-state index contributed by atoms with van der Waals surface area (Å²) in [7, 11) is 3.88. The highest BCUT2D eigenvalue weighted by molar-refractivity contribution is 5.67. The molecule has 6 nitrogen and oxygen atoms in total. The Labute approximate surface area is 151 Å². The third-order valence-corrected chi connectivity index (χ3v) is 5.99. The third kappa shape index (κ3) is 4.35. The van der Waals surface area contributed by atoms with Crippen molar-refractivity contribution >= 4 is 6.09 Å². The van der Waals surface area contributed by atoms with Crippen molar-refractivity contribution in [2.45, 2.75) is 51.0 Å². The van der Waals surface area contributed by atoms with Crippen LogP contribution in [-0.4, -0.2) is 65.0 Å². The zero-order chi connectivity index (χ0) is 17.8. The van der Waals surface area contributed by atoms with E-state index < -0.39 is 0 Å². The van der Waals surface area contributed by atoms with Crippen LogP contribution in [-0.2, 0) is 11.8 Å². The maximum Gasteiger partial charge on any atom is 0.409 e. The van der Waals surface area contributed by atoms with Crippen LogP contribution < -0.4 is 0 Å². The van der Waals surface area contributed by atoms with Crippen LogP contribution in [0.15, 0.2) is 12.3 Å². The van der Waals surface area contributed by atoms with Gasteiger partial charge in [-0.15, -0.1) is 0 Å². The zero-order valence-electron chi connectivity index (χ0n) is 15.9. The molecule has 0 spiro atoms. The lowest BCUT2D eigenvalue weighted by Gasteiger charge is -2.46. The van der Waals surface area contributed by atoms with Crippen LogP contribution in [0, 0.1) is 5.92 Å². The number of aromatic nitrogens is 2. The molecule has 1 saturated carbocycles. The van der Waals surface area contributed by atoms with Crippen LogP contribution in [0.3, 0.4) is 0 Å². The largest absolute Gasteiger partial charge is 0.450 e. The van der Waals surface area contributed by atoms with E-state index in [-0.39, 0.29) is 6.09 Å². The highest BCUT2D eigenvalue weighted by atomic mass is 16.5. The van der Waals surface area contributed by atoms with Gasteiger partial charge in [0.15, 0.2) is 0 Å². The number of carbonyl (C=O) groups is 1. The van der Waals surface area contributed by atoms with Gasteiger partial charge in [0.2, 0.25) is 0 Å². The summed E-state index contributed by atoms with van der Waals surface area (Å²) in [6, 6.07) is 2.92. The number of hydrogen-bond acceptors (Lipinski definition) is 4. The maximum atomic E-state index is 11.6. The van der Waals surface area contributed by atoms with Crippen molar-refractivity contribution in [1.82, 2.24) is 19.6 Å². The summed E-state index contributed by atoms with van der Waals surface area (Å²) in [5, 5.41) is 4.31. The van der Waals surface area contributed by atoms with Gasteiger partial charge in [0.25, 0.3) is 0 Å². The number of ether oxygens (including phenoxy) is 1. The Balaban J connectivity index is 1.34. The fourth-order valence-corrected chi connectivity index (χ4v) is 4.28. The smallest absolute Gasteiger partial charge is 0.409 e. The van der Waals surface area contributed by atoms with Gasteiger partial charge in [-0.3, -0.25) is 4.68 Å². The fraction of sp³-hybridized carbons (Fsp3) is 0.789. The monoisotopic (exact) mass is 348 g/mol. The Morgan fingerprint density at radius 2 is 2.08 bits per heavy atom. The molecule has 1 saturated heterocycles. The maximum absolute atomic E-state index is 11.6. The molecule has 1 aliphatic carbocycles. The molecule has 0 radical (unpaired) electrons. The van der Waals surface area contributed by atoms with E-state index in [1.54, 1.807) is 4.90 Å². The normalized spacial score (nSPS) is 24.8. The number of nitrogens with zero attached hydrogens (tertiary/aromatic N) is 4. The van der Waals surface area contributed by atoms with Gasteiger partial charge in [-0.25, -0.2) is 4.79 Å².